The van der Waals surface area contributed by atoms with Crippen molar-refractivity contribution in [2.75, 3.05) is 18.9 Å². The second kappa shape index (κ2) is 9.12. The smallest absolute Gasteiger partial charge is 0.264 e. The van der Waals surface area contributed by atoms with Gasteiger partial charge in [0.25, 0.3) is 5.89 Å². The minimum atomic E-state index is -0.0957. The third kappa shape index (κ3) is 5.88. The summed E-state index contributed by atoms with van der Waals surface area (Å²) < 4.78 is 10.5. The molecule has 0 aliphatic carbocycles. The summed E-state index contributed by atoms with van der Waals surface area (Å²) in [5.41, 5.74) is 0.730. The monoisotopic (exact) mass is 340 g/mol. The fourth-order valence-corrected chi connectivity index (χ4v) is 1.84. The Balaban J connectivity index is 0.00000264. The molecule has 126 valence electrons. The molecule has 2 aromatic rings. The molecule has 1 aromatic carbocycles. The standard InChI is InChI=1S/C15H20N4O3.ClH/c1-10(8-16-3)15(20)18-12-4-6-13(7-5-12)21-9-14-17-11(2)19-22-14;/h4-7,10,16H,8-9H2,1-3H3,(H,18,20);1H. The molecule has 1 aromatic heterocycles. The lowest BCUT2D eigenvalue weighted by atomic mass is 10.1. The third-order valence-corrected chi connectivity index (χ3v) is 3.01. The molecule has 0 saturated carbocycles. The summed E-state index contributed by atoms with van der Waals surface area (Å²) in [4.78, 5) is 15.9. The van der Waals surface area contributed by atoms with Crippen LogP contribution < -0.4 is 15.4 Å². The van der Waals surface area contributed by atoms with E-state index in [4.69, 9.17) is 9.26 Å². The minimum absolute atomic E-state index is 0. The van der Waals surface area contributed by atoms with Crippen molar-refractivity contribution in [2.24, 2.45) is 5.92 Å². The number of aryl methyl sites for hydroxylation is 1. The van der Waals surface area contributed by atoms with E-state index in [0.29, 0.717) is 24.0 Å². The Labute approximate surface area is 141 Å². The van der Waals surface area contributed by atoms with Gasteiger partial charge in [-0.25, -0.2) is 0 Å². The molecular weight excluding hydrogens is 320 g/mol. The Morgan fingerprint density at radius 3 is 2.61 bits per heavy atom. The van der Waals surface area contributed by atoms with Crippen molar-refractivity contribution in [3.8, 4) is 5.75 Å². The highest BCUT2D eigenvalue weighted by Crippen LogP contribution is 2.17. The minimum Gasteiger partial charge on any atom is -0.484 e. The molecule has 0 spiro atoms. The van der Waals surface area contributed by atoms with Crippen LogP contribution in [0.25, 0.3) is 0 Å². The summed E-state index contributed by atoms with van der Waals surface area (Å²) in [5.74, 6) is 1.55. The second-order valence-electron chi connectivity index (χ2n) is 5.00. The molecule has 1 atom stereocenters. The topological polar surface area (TPSA) is 89.3 Å². The Hall–Kier alpha value is -2.12. The van der Waals surface area contributed by atoms with Gasteiger partial charge < -0.3 is 19.9 Å². The van der Waals surface area contributed by atoms with E-state index in [-0.39, 0.29) is 30.8 Å². The van der Waals surface area contributed by atoms with E-state index in [1.807, 2.05) is 14.0 Å². The number of nitrogens with zero attached hydrogens (tertiary/aromatic N) is 2. The van der Waals surface area contributed by atoms with Crippen LogP contribution in [0, 0.1) is 12.8 Å². The number of hydrogen-bond donors (Lipinski definition) is 2. The van der Waals surface area contributed by atoms with Crippen molar-refractivity contribution in [3.63, 3.8) is 0 Å². The first-order chi connectivity index (χ1) is 10.6. The number of nitrogens with one attached hydrogen (secondary N) is 2. The highest BCUT2D eigenvalue weighted by Gasteiger charge is 2.11. The molecule has 2 N–H and O–H groups in total. The van der Waals surface area contributed by atoms with Crippen LogP contribution >= 0.6 is 12.4 Å². The molecule has 0 aliphatic rings. The van der Waals surface area contributed by atoms with Gasteiger partial charge in [0.15, 0.2) is 12.4 Å². The molecule has 1 amide bonds. The van der Waals surface area contributed by atoms with Crippen LogP contribution in [-0.4, -0.2) is 29.6 Å². The van der Waals surface area contributed by atoms with Crippen LogP contribution in [0.4, 0.5) is 5.69 Å². The van der Waals surface area contributed by atoms with Crippen LogP contribution in [0.15, 0.2) is 28.8 Å². The fraction of sp³-hybridized carbons (Fsp3) is 0.400. The number of anilines is 1. The fourth-order valence-electron chi connectivity index (χ4n) is 1.84. The number of carbonyl (C=O) groups is 1. The summed E-state index contributed by atoms with van der Waals surface area (Å²) in [6.45, 7) is 4.47. The molecule has 1 unspecified atom stereocenters. The molecule has 0 fully saturated rings. The maximum absolute atomic E-state index is 11.9. The predicted octanol–water partition coefficient (Wildman–Crippen LogP) is 2.17. The Morgan fingerprint density at radius 1 is 1.35 bits per heavy atom. The average Bonchev–Trinajstić information content (AvgIpc) is 2.92. The van der Waals surface area contributed by atoms with E-state index in [0.717, 1.165) is 5.69 Å². The summed E-state index contributed by atoms with van der Waals surface area (Å²) in [6, 6.07) is 7.14. The molecule has 8 heteroatoms. The summed E-state index contributed by atoms with van der Waals surface area (Å²) in [6.07, 6.45) is 0. The number of hydrogen-bond acceptors (Lipinski definition) is 6. The summed E-state index contributed by atoms with van der Waals surface area (Å²) in [5, 5.41) is 9.52. The first-order valence-corrected chi connectivity index (χ1v) is 7.06. The van der Waals surface area contributed by atoms with Gasteiger partial charge in [-0.05, 0) is 38.2 Å². The van der Waals surface area contributed by atoms with Crippen LogP contribution in [0.1, 0.15) is 18.6 Å². The van der Waals surface area contributed by atoms with Gasteiger partial charge in [0.1, 0.15) is 5.75 Å². The van der Waals surface area contributed by atoms with Crippen molar-refractivity contribution < 1.29 is 14.1 Å². The molecule has 0 bridgehead atoms. The zero-order valence-corrected chi connectivity index (χ0v) is 14.1. The molecule has 0 radical (unpaired) electrons. The number of ether oxygens (including phenoxy) is 1. The lowest BCUT2D eigenvalue weighted by molar-refractivity contribution is -0.119. The van der Waals surface area contributed by atoms with E-state index in [1.54, 1.807) is 31.2 Å². The lowest BCUT2D eigenvalue weighted by Crippen LogP contribution is -2.28. The van der Waals surface area contributed by atoms with Crippen LogP contribution in [-0.2, 0) is 11.4 Å². The van der Waals surface area contributed by atoms with Gasteiger partial charge in [-0.1, -0.05) is 12.1 Å². The predicted molar refractivity (Wildman–Crippen MR) is 88.8 cm³/mol. The third-order valence-electron chi connectivity index (χ3n) is 3.01. The second-order valence-corrected chi connectivity index (χ2v) is 5.00. The van der Waals surface area contributed by atoms with Crippen molar-refractivity contribution in [2.45, 2.75) is 20.5 Å². The quantitative estimate of drug-likeness (QED) is 0.803. The van der Waals surface area contributed by atoms with Crippen LogP contribution in [0.5, 0.6) is 5.75 Å². The van der Waals surface area contributed by atoms with Crippen molar-refractivity contribution in [3.05, 3.63) is 36.0 Å². The van der Waals surface area contributed by atoms with E-state index < -0.39 is 0 Å². The van der Waals surface area contributed by atoms with Gasteiger partial charge in [-0.3, -0.25) is 4.79 Å². The van der Waals surface area contributed by atoms with E-state index in [9.17, 15) is 4.79 Å². The Kier molecular flexibility index (Phi) is 7.50. The molecule has 0 saturated heterocycles. The van der Waals surface area contributed by atoms with Gasteiger partial charge in [-0.15, -0.1) is 12.4 Å². The molecule has 2 rings (SSSR count). The highest BCUT2D eigenvalue weighted by molar-refractivity contribution is 5.92. The van der Waals surface area contributed by atoms with Crippen LogP contribution in [0.3, 0.4) is 0 Å². The van der Waals surface area contributed by atoms with Gasteiger partial charge >= 0.3 is 0 Å². The highest BCUT2D eigenvalue weighted by atomic mass is 35.5. The molecule has 0 aliphatic heterocycles. The summed E-state index contributed by atoms with van der Waals surface area (Å²) >= 11 is 0. The SMILES string of the molecule is CNCC(C)C(=O)Nc1ccc(OCc2nc(C)no2)cc1.Cl. The summed E-state index contributed by atoms with van der Waals surface area (Å²) in [7, 11) is 1.82. The van der Waals surface area contributed by atoms with Crippen LogP contribution in [0.2, 0.25) is 0 Å². The van der Waals surface area contributed by atoms with E-state index in [2.05, 4.69) is 20.8 Å². The van der Waals surface area contributed by atoms with Crippen molar-refractivity contribution in [1.29, 1.82) is 0 Å². The molecular formula is C15H21ClN4O3. The Morgan fingerprint density at radius 2 is 2.04 bits per heavy atom. The van der Waals surface area contributed by atoms with Gasteiger partial charge in [-0.2, -0.15) is 4.98 Å². The number of amides is 1. The molecule has 1 heterocycles. The first-order valence-electron chi connectivity index (χ1n) is 7.06. The maximum atomic E-state index is 11.9. The number of rotatable bonds is 7. The normalized spacial score (nSPS) is 11.4. The van der Waals surface area contributed by atoms with Crippen molar-refractivity contribution in [1.82, 2.24) is 15.5 Å². The zero-order chi connectivity index (χ0) is 15.9. The number of halogens is 1. The van der Waals surface area contributed by atoms with Crippen molar-refractivity contribution >= 4 is 24.0 Å². The maximum Gasteiger partial charge on any atom is 0.264 e. The number of carbonyl (C=O) groups excluding carboxylic acids is 1. The van der Waals surface area contributed by atoms with E-state index in [1.165, 1.54) is 0 Å². The van der Waals surface area contributed by atoms with E-state index >= 15 is 0 Å². The number of aromatic nitrogens is 2. The lowest BCUT2D eigenvalue weighted by Gasteiger charge is -2.12. The van der Waals surface area contributed by atoms with Gasteiger partial charge in [0.05, 0.1) is 0 Å². The Bertz CT molecular complexity index is 615. The van der Waals surface area contributed by atoms with Gasteiger partial charge in [0.2, 0.25) is 5.91 Å². The largest absolute Gasteiger partial charge is 0.484 e. The number of benzene rings is 1. The first kappa shape index (κ1) is 18.9. The zero-order valence-electron chi connectivity index (χ0n) is 13.3. The average molecular weight is 341 g/mol. The van der Waals surface area contributed by atoms with Gasteiger partial charge in [0, 0.05) is 18.2 Å². The molecule has 23 heavy (non-hydrogen) atoms. The molecule has 7 nitrogen and oxygen atoms in total.